The predicted octanol–water partition coefficient (Wildman–Crippen LogP) is 1.02. The monoisotopic (exact) mass is 376 g/mol. The third-order valence-corrected chi connectivity index (χ3v) is 6.44. The highest BCUT2D eigenvalue weighted by atomic mass is 32.2. The molecular formula is C17H24N6O2S. The van der Waals surface area contributed by atoms with Gasteiger partial charge in [-0.1, -0.05) is 0 Å². The van der Waals surface area contributed by atoms with Crippen LogP contribution in [0.2, 0.25) is 0 Å². The predicted molar refractivity (Wildman–Crippen MR) is 101 cm³/mol. The highest BCUT2D eigenvalue weighted by molar-refractivity contribution is 7.99. The Bertz CT molecular complexity index is 791. The Balaban J connectivity index is 1.61. The van der Waals surface area contributed by atoms with Gasteiger partial charge in [0.05, 0.1) is 18.7 Å². The molecule has 2 atom stereocenters. The summed E-state index contributed by atoms with van der Waals surface area (Å²) in [5.41, 5.74) is 0.672. The van der Waals surface area contributed by atoms with Crippen molar-refractivity contribution in [1.82, 2.24) is 24.6 Å². The second-order valence-electron chi connectivity index (χ2n) is 6.80. The molecule has 2 aromatic rings. The van der Waals surface area contributed by atoms with Gasteiger partial charge < -0.3 is 9.64 Å². The number of carbonyl (C=O) groups is 1. The van der Waals surface area contributed by atoms with Crippen LogP contribution in [0.15, 0.2) is 12.5 Å². The summed E-state index contributed by atoms with van der Waals surface area (Å²) >= 11 is 1.94. The van der Waals surface area contributed by atoms with Crippen molar-refractivity contribution in [1.29, 1.82) is 0 Å². The number of esters is 1. The number of thioether (sulfide) groups is 1. The first-order chi connectivity index (χ1) is 12.7. The van der Waals surface area contributed by atoms with Gasteiger partial charge in [-0.25, -0.2) is 14.6 Å². The molecular weight excluding hydrogens is 352 g/mol. The van der Waals surface area contributed by atoms with Gasteiger partial charge in [0.1, 0.15) is 18.7 Å². The number of rotatable bonds is 5. The van der Waals surface area contributed by atoms with Gasteiger partial charge in [0, 0.05) is 24.4 Å². The van der Waals surface area contributed by atoms with Gasteiger partial charge in [-0.15, -0.1) is 0 Å². The van der Waals surface area contributed by atoms with E-state index in [1.54, 1.807) is 17.2 Å². The summed E-state index contributed by atoms with van der Waals surface area (Å²) < 4.78 is 6.32. The molecule has 0 saturated carbocycles. The van der Waals surface area contributed by atoms with Crippen LogP contribution in [0, 0.1) is 0 Å². The highest BCUT2D eigenvalue weighted by Gasteiger charge is 2.38. The van der Waals surface area contributed by atoms with Crippen LogP contribution in [-0.2, 0) is 16.1 Å². The zero-order chi connectivity index (χ0) is 18.1. The summed E-state index contributed by atoms with van der Waals surface area (Å²) in [4.78, 5) is 25.4. The molecule has 0 spiro atoms. The second kappa shape index (κ2) is 7.40. The van der Waals surface area contributed by atoms with E-state index in [0.717, 1.165) is 24.3 Å². The fraction of sp³-hybridized carbons (Fsp3) is 0.647. The van der Waals surface area contributed by atoms with Crippen molar-refractivity contribution in [2.75, 3.05) is 44.4 Å². The molecule has 0 bridgehead atoms. The zero-order valence-electron chi connectivity index (χ0n) is 15.2. The number of likely N-dealkylation sites (tertiary alicyclic amines) is 1. The summed E-state index contributed by atoms with van der Waals surface area (Å²) in [6.45, 7) is 4.40. The van der Waals surface area contributed by atoms with Gasteiger partial charge in [-0.05, 0) is 32.2 Å². The Morgan fingerprint density at radius 2 is 2.12 bits per heavy atom. The van der Waals surface area contributed by atoms with Gasteiger partial charge >= 0.3 is 5.97 Å². The minimum atomic E-state index is -0.340. The summed E-state index contributed by atoms with van der Waals surface area (Å²) in [6.07, 6.45) is 8.11. The van der Waals surface area contributed by atoms with E-state index in [0.29, 0.717) is 16.9 Å². The molecule has 140 valence electrons. The Morgan fingerprint density at radius 1 is 1.31 bits per heavy atom. The van der Waals surface area contributed by atoms with Crippen LogP contribution in [0.1, 0.15) is 12.8 Å². The Kier molecular flexibility index (Phi) is 4.99. The molecule has 2 saturated heterocycles. The molecule has 4 rings (SSSR count). The number of ether oxygens (including phenoxy) is 1. The number of hydrogen-bond acceptors (Lipinski definition) is 8. The third kappa shape index (κ3) is 3.14. The lowest BCUT2D eigenvalue weighted by molar-refractivity contribution is -0.141. The zero-order valence-corrected chi connectivity index (χ0v) is 16.0. The third-order valence-electron chi connectivity index (χ3n) is 5.37. The molecule has 0 unspecified atom stereocenters. The number of aromatic nitrogens is 4. The number of carbonyl (C=O) groups excluding carboxylic acids is 1. The van der Waals surface area contributed by atoms with E-state index < -0.39 is 0 Å². The maximum atomic E-state index is 11.6. The van der Waals surface area contributed by atoms with E-state index in [2.05, 4.69) is 31.1 Å². The van der Waals surface area contributed by atoms with Crippen LogP contribution >= 0.6 is 11.8 Å². The quantitative estimate of drug-likeness (QED) is 0.716. The summed E-state index contributed by atoms with van der Waals surface area (Å²) in [5, 5.41) is 5.78. The first-order valence-electron chi connectivity index (χ1n) is 8.96. The van der Waals surface area contributed by atoms with E-state index in [-0.39, 0.29) is 12.5 Å². The fourth-order valence-electron chi connectivity index (χ4n) is 4.02. The van der Waals surface area contributed by atoms with Crippen LogP contribution in [0.4, 0.5) is 5.82 Å². The average Bonchev–Trinajstić information content (AvgIpc) is 3.40. The summed E-state index contributed by atoms with van der Waals surface area (Å²) in [7, 11) is 1.37. The number of anilines is 1. The number of methoxy groups -OCH3 is 1. The van der Waals surface area contributed by atoms with Crippen molar-refractivity contribution in [3.8, 4) is 0 Å². The maximum absolute atomic E-state index is 11.6. The van der Waals surface area contributed by atoms with Crippen LogP contribution < -0.4 is 4.90 Å². The molecule has 26 heavy (non-hydrogen) atoms. The van der Waals surface area contributed by atoms with E-state index in [9.17, 15) is 4.79 Å². The number of hydrogen-bond donors (Lipinski definition) is 0. The van der Waals surface area contributed by atoms with Gasteiger partial charge in [0.15, 0.2) is 5.65 Å². The molecule has 0 aromatic carbocycles. The first-order valence-corrected chi connectivity index (χ1v) is 10.2. The largest absolute Gasteiger partial charge is 0.468 e. The Hall–Kier alpha value is -1.87. The Labute approximate surface area is 156 Å². The fourth-order valence-corrected chi connectivity index (χ4v) is 4.92. The molecule has 8 nitrogen and oxygen atoms in total. The standard InChI is InChI=1S/C17H24N6O2S/c1-25-15(24)10-23-17-12(7-20-23)16(18-11-19-17)22-8-13(14(9-22)26-2)21-5-3-4-6-21/h7,11,13-14H,3-6,8-10H2,1-2H3/t13-,14-/m0/s1. The van der Waals surface area contributed by atoms with E-state index >= 15 is 0 Å². The van der Waals surface area contributed by atoms with Crippen LogP contribution in [-0.4, -0.2) is 81.5 Å². The maximum Gasteiger partial charge on any atom is 0.327 e. The molecule has 2 aliphatic heterocycles. The van der Waals surface area contributed by atoms with Crippen LogP contribution in [0.25, 0.3) is 11.0 Å². The van der Waals surface area contributed by atoms with Crippen molar-refractivity contribution in [2.45, 2.75) is 30.7 Å². The van der Waals surface area contributed by atoms with Crippen molar-refractivity contribution in [3.63, 3.8) is 0 Å². The first kappa shape index (κ1) is 17.5. The minimum Gasteiger partial charge on any atom is -0.468 e. The normalized spacial score (nSPS) is 23.8. The van der Waals surface area contributed by atoms with Gasteiger partial charge in [0.25, 0.3) is 0 Å². The van der Waals surface area contributed by atoms with Gasteiger partial charge in [0.2, 0.25) is 0 Å². The summed E-state index contributed by atoms with van der Waals surface area (Å²) in [6, 6.07) is 0.558. The number of nitrogens with zero attached hydrogens (tertiary/aromatic N) is 6. The SMILES string of the molecule is COC(=O)Cn1ncc2c(N3C[C@H](SC)[C@@H](N4CCCC4)C3)ncnc21. The molecule has 2 fully saturated rings. The molecule has 0 amide bonds. The molecule has 2 aromatic heterocycles. The molecule has 9 heteroatoms. The Morgan fingerprint density at radius 3 is 2.85 bits per heavy atom. The average molecular weight is 376 g/mol. The lowest BCUT2D eigenvalue weighted by atomic mass is 10.2. The molecule has 0 N–H and O–H groups in total. The minimum absolute atomic E-state index is 0.0558. The molecule has 0 aliphatic carbocycles. The summed E-state index contributed by atoms with van der Waals surface area (Å²) in [5.74, 6) is 0.569. The smallest absolute Gasteiger partial charge is 0.327 e. The van der Waals surface area contributed by atoms with Crippen molar-refractivity contribution < 1.29 is 9.53 Å². The number of fused-ring (bicyclic) bond motifs is 1. The topological polar surface area (TPSA) is 76.4 Å². The van der Waals surface area contributed by atoms with Gasteiger partial charge in [-0.3, -0.25) is 9.69 Å². The van der Waals surface area contributed by atoms with E-state index in [1.807, 2.05) is 11.8 Å². The highest BCUT2D eigenvalue weighted by Crippen LogP contribution is 2.32. The molecule has 4 heterocycles. The molecule has 2 aliphatic rings. The van der Waals surface area contributed by atoms with Crippen molar-refractivity contribution in [3.05, 3.63) is 12.5 Å². The van der Waals surface area contributed by atoms with Crippen molar-refractivity contribution >= 4 is 34.6 Å². The van der Waals surface area contributed by atoms with Gasteiger partial charge in [-0.2, -0.15) is 16.9 Å². The lowest BCUT2D eigenvalue weighted by Crippen LogP contribution is -2.40. The lowest BCUT2D eigenvalue weighted by Gasteiger charge is -2.27. The van der Waals surface area contributed by atoms with Crippen LogP contribution in [0.3, 0.4) is 0 Å². The van der Waals surface area contributed by atoms with Crippen molar-refractivity contribution in [2.24, 2.45) is 0 Å². The van der Waals surface area contributed by atoms with E-state index in [1.165, 1.54) is 33.0 Å². The van der Waals surface area contributed by atoms with E-state index in [4.69, 9.17) is 4.74 Å². The molecule has 0 radical (unpaired) electrons. The second-order valence-corrected chi connectivity index (χ2v) is 7.88. The van der Waals surface area contributed by atoms with Crippen LogP contribution in [0.5, 0.6) is 0 Å².